The molecule has 0 amide bonds. The van der Waals surface area contributed by atoms with E-state index in [4.69, 9.17) is 9.84 Å². The van der Waals surface area contributed by atoms with Gasteiger partial charge in [-0.25, -0.2) is 9.78 Å². The van der Waals surface area contributed by atoms with Gasteiger partial charge in [-0.1, -0.05) is 6.07 Å². The molecule has 0 saturated heterocycles. The second-order valence-electron chi connectivity index (χ2n) is 3.37. The first-order valence-electron chi connectivity index (χ1n) is 4.50. The second kappa shape index (κ2) is 3.29. The lowest BCUT2D eigenvalue weighted by atomic mass is 10.1. The van der Waals surface area contributed by atoms with E-state index in [1.54, 1.807) is 12.1 Å². The number of ether oxygens (including phenoxy) is 1. The second-order valence-corrected chi connectivity index (χ2v) is 3.37. The molecule has 0 unspecified atom stereocenters. The van der Waals surface area contributed by atoms with E-state index < -0.39 is 5.97 Å². The van der Waals surface area contributed by atoms with Crippen LogP contribution in [0, 0.1) is 0 Å². The summed E-state index contributed by atoms with van der Waals surface area (Å²) < 4.78 is 4.89. The summed E-state index contributed by atoms with van der Waals surface area (Å²) in [4.78, 5) is 14.8. The van der Waals surface area contributed by atoms with Crippen LogP contribution >= 0.6 is 0 Å². The number of nitrogens with zero attached hydrogens (tertiary/aromatic N) is 1. The molecule has 4 heteroatoms. The van der Waals surface area contributed by atoms with Gasteiger partial charge in [0.25, 0.3) is 0 Å². The van der Waals surface area contributed by atoms with Crippen molar-refractivity contribution in [2.75, 3.05) is 7.11 Å². The molecule has 14 heavy (non-hydrogen) atoms. The van der Waals surface area contributed by atoms with Crippen molar-refractivity contribution < 1.29 is 14.6 Å². The Hall–Kier alpha value is -1.58. The molecule has 0 aromatic carbocycles. The van der Waals surface area contributed by atoms with Crippen LogP contribution < -0.4 is 4.74 Å². The Labute approximate surface area is 81.5 Å². The van der Waals surface area contributed by atoms with Crippen LogP contribution in [0.2, 0.25) is 0 Å². The summed E-state index contributed by atoms with van der Waals surface area (Å²) >= 11 is 0. The normalized spacial score (nSPS) is 15.2. The number of carboxylic acids is 1. The van der Waals surface area contributed by atoms with Gasteiger partial charge in [-0.15, -0.1) is 0 Å². The van der Waals surface area contributed by atoms with Gasteiger partial charge in [0.2, 0.25) is 5.88 Å². The van der Waals surface area contributed by atoms with Gasteiger partial charge in [0.1, 0.15) is 0 Å². The van der Waals surface area contributed by atoms with Gasteiger partial charge in [0, 0.05) is 6.07 Å². The summed E-state index contributed by atoms with van der Waals surface area (Å²) in [6.45, 7) is 0. The van der Waals surface area contributed by atoms with Crippen LogP contribution in [0.4, 0.5) is 0 Å². The number of aromatic nitrogens is 1. The molecule has 0 spiro atoms. The van der Waals surface area contributed by atoms with Crippen LogP contribution in [-0.4, -0.2) is 23.2 Å². The van der Waals surface area contributed by atoms with E-state index >= 15 is 0 Å². The number of pyridine rings is 1. The molecule has 0 aliphatic heterocycles. The molecule has 4 nitrogen and oxygen atoms in total. The molecule has 1 aliphatic rings. The Morgan fingerprint density at radius 3 is 2.79 bits per heavy atom. The van der Waals surface area contributed by atoms with Gasteiger partial charge < -0.3 is 9.84 Å². The molecule has 1 N–H and O–H groups in total. The zero-order valence-corrected chi connectivity index (χ0v) is 7.86. The third-order valence-electron chi connectivity index (χ3n) is 2.33. The molecule has 2 rings (SSSR count). The first-order valence-corrected chi connectivity index (χ1v) is 4.50. The number of aromatic carboxylic acids is 1. The van der Waals surface area contributed by atoms with Crippen LogP contribution in [-0.2, 0) is 0 Å². The average Bonchev–Trinajstić information content (AvgIpc) is 3.00. The maximum atomic E-state index is 10.9. The van der Waals surface area contributed by atoms with E-state index in [0.29, 0.717) is 11.8 Å². The lowest BCUT2D eigenvalue weighted by molar-refractivity contribution is 0.0688. The summed E-state index contributed by atoms with van der Waals surface area (Å²) in [5, 5.41) is 8.94. The number of rotatable bonds is 3. The molecular formula is C10H11NO3. The molecule has 74 valence electrons. The molecular weight excluding hydrogens is 182 g/mol. The highest BCUT2D eigenvalue weighted by Crippen LogP contribution is 2.41. The summed E-state index contributed by atoms with van der Waals surface area (Å²) in [7, 11) is 1.48. The highest BCUT2D eigenvalue weighted by Gasteiger charge is 2.29. The maximum Gasteiger partial charge on any atom is 0.354 e. The van der Waals surface area contributed by atoms with Crippen LogP contribution in [0.3, 0.4) is 0 Å². The summed E-state index contributed by atoms with van der Waals surface area (Å²) in [6.07, 6.45) is 2.13. The van der Waals surface area contributed by atoms with Crippen LogP contribution in [0.5, 0.6) is 5.88 Å². The van der Waals surface area contributed by atoms with Gasteiger partial charge in [-0.05, 0) is 24.3 Å². The molecule has 1 heterocycles. The SMILES string of the molecule is COc1ccc(C2CC2)c(C(=O)O)n1. The average molecular weight is 193 g/mol. The smallest absolute Gasteiger partial charge is 0.354 e. The molecule has 0 radical (unpaired) electrons. The van der Waals surface area contributed by atoms with Crippen LogP contribution in [0.1, 0.15) is 34.8 Å². The fourth-order valence-corrected chi connectivity index (χ4v) is 1.46. The third kappa shape index (κ3) is 1.55. The number of carbonyl (C=O) groups is 1. The van der Waals surface area contributed by atoms with Crippen molar-refractivity contribution in [3.05, 3.63) is 23.4 Å². The minimum Gasteiger partial charge on any atom is -0.481 e. The fourth-order valence-electron chi connectivity index (χ4n) is 1.46. The van der Waals surface area contributed by atoms with Crippen molar-refractivity contribution in [1.29, 1.82) is 0 Å². The highest BCUT2D eigenvalue weighted by molar-refractivity contribution is 5.87. The van der Waals surface area contributed by atoms with Crippen molar-refractivity contribution in [2.45, 2.75) is 18.8 Å². The van der Waals surface area contributed by atoms with Crippen LogP contribution in [0.25, 0.3) is 0 Å². The monoisotopic (exact) mass is 193 g/mol. The molecule has 0 atom stereocenters. The minimum atomic E-state index is -0.981. The first kappa shape index (κ1) is 8.99. The van der Waals surface area contributed by atoms with Crippen molar-refractivity contribution in [1.82, 2.24) is 4.98 Å². The van der Waals surface area contributed by atoms with Gasteiger partial charge in [-0.2, -0.15) is 0 Å². The first-order chi connectivity index (χ1) is 6.72. The van der Waals surface area contributed by atoms with Crippen molar-refractivity contribution in [3.8, 4) is 5.88 Å². The zero-order chi connectivity index (χ0) is 10.1. The van der Waals surface area contributed by atoms with Gasteiger partial charge >= 0.3 is 5.97 Å². The molecule has 1 aromatic heterocycles. The number of hydrogen-bond acceptors (Lipinski definition) is 3. The van der Waals surface area contributed by atoms with Gasteiger partial charge in [0.15, 0.2) is 5.69 Å². The third-order valence-corrected chi connectivity index (χ3v) is 2.33. The summed E-state index contributed by atoms with van der Waals surface area (Å²) in [5.74, 6) is -0.239. The Bertz CT molecular complexity index is 372. The number of hydrogen-bond donors (Lipinski definition) is 1. The lowest BCUT2D eigenvalue weighted by Crippen LogP contribution is -2.06. The summed E-state index contributed by atoms with van der Waals surface area (Å²) in [5.41, 5.74) is 0.963. The standard InChI is InChI=1S/C10H11NO3/c1-14-8-5-4-7(6-2-3-6)9(11-8)10(12)13/h4-6H,2-3H2,1H3,(H,12,13). The fraction of sp³-hybridized carbons (Fsp3) is 0.400. The predicted octanol–water partition coefficient (Wildman–Crippen LogP) is 1.67. The molecule has 1 aliphatic carbocycles. The topological polar surface area (TPSA) is 59.4 Å². The summed E-state index contributed by atoms with van der Waals surface area (Å²) in [6, 6.07) is 3.51. The largest absolute Gasteiger partial charge is 0.481 e. The minimum absolute atomic E-state index is 0.131. The molecule has 0 bridgehead atoms. The van der Waals surface area contributed by atoms with E-state index in [-0.39, 0.29) is 5.69 Å². The van der Waals surface area contributed by atoms with E-state index in [9.17, 15) is 4.79 Å². The number of methoxy groups -OCH3 is 1. The Balaban J connectivity index is 2.43. The van der Waals surface area contributed by atoms with E-state index in [0.717, 1.165) is 18.4 Å². The Morgan fingerprint density at radius 1 is 1.57 bits per heavy atom. The van der Waals surface area contributed by atoms with Crippen molar-refractivity contribution in [2.24, 2.45) is 0 Å². The van der Waals surface area contributed by atoms with Crippen molar-refractivity contribution >= 4 is 5.97 Å². The Kier molecular flexibility index (Phi) is 2.11. The zero-order valence-electron chi connectivity index (χ0n) is 7.86. The van der Waals surface area contributed by atoms with Gasteiger partial charge in [0.05, 0.1) is 7.11 Å². The van der Waals surface area contributed by atoms with E-state index in [2.05, 4.69) is 4.98 Å². The highest BCUT2D eigenvalue weighted by atomic mass is 16.5. The number of carboxylic acid groups (broad SMARTS) is 1. The Morgan fingerprint density at radius 2 is 2.29 bits per heavy atom. The van der Waals surface area contributed by atoms with Gasteiger partial charge in [-0.3, -0.25) is 0 Å². The molecule has 1 saturated carbocycles. The maximum absolute atomic E-state index is 10.9. The van der Waals surface area contributed by atoms with E-state index in [1.165, 1.54) is 7.11 Å². The quantitative estimate of drug-likeness (QED) is 0.793. The molecule has 1 fully saturated rings. The predicted molar refractivity (Wildman–Crippen MR) is 49.7 cm³/mol. The van der Waals surface area contributed by atoms with E-state index in [1.807, 2.05) is 0 Å². The van der Waals surface area contributed by atoms with Crippen molar-refractivity contribution in [3.63, 3.8) is 0 Å². The molecule has 1 aromatic rings. The van der Waals surface area contributed by atoms with Crippen LogP contribution in [0.15, 0.2) is 12.1 Å². The lowest BCUT2D eigenvalue weighted by Gasteiger charge is -2.05.